The van der Waals surface area contributed by atoms with Gasteiger partial charge in [-0.1, -0.05) is 27.2 Å². The maximum Gasteiger partial charge on any atom is 0.256 e. The molecule has 2 aliphatic rings. The fourth-order valence-corrected chi connectivity index (χ4v) is 5.83. The third kappa shape index (κ3) is 3.48. The lowest BCUT2D eigenvalue weighted by atomic mass is 9.69. The number of amides is 1. The average molecular weight is 415 g/mol. The fourth-order valence-electron chi connectivity index (χ4n) is 4.47. The number of hydrogen-bond donors (Lipinski definition) is 2. The van der Waals surface area contributed by atoms with E-state index in [0.717, 1.165) is 46.9 Å². The predicted octanol–water partition coefficient (Wildman–Crippen LogP) is 5.16. The predicted molar refractivity (Wildman–Crippen MR) is 117 cm³/mol. The summed E-state index contributed by atoms with van der Waals surface area (Å²) in [7, 11) is 3.28. The van der Waals surface area contributed by atoms with Crippen molar-refractivity contribution >= 4 is 22.2 Å². The molecule has 2 heterocycles. The Bertz CT molecular complexity index is 934. The van der Waals surface area contributed by atoms with E-state index in [4.69, 9.17) is 9.47 Å². The number of hydrogen-bond acceptors (Lipinski definition) is 5. The van der Waals surface area contributed by atoms with Crippen LogP contribution in [-0.2, 0) is 12.8 Å². The molecule has 2 atom stereocenters. The molecule has 2 N–H and O–H groups in total. The molecule has 4 rings (SSSR count). The van der Waals surface area contributed by atoms with E-state index in [1.165, 1.54) is 16.9 Å². The van der Waals surface area contributed by atoms with Gasteiger partial charge in [-0.25, -0.2) is 0 Å². The summed E-state index contributed by atoms with van der Waals surface area (Å²) >= 11 is 1.75. The van der Waals surface area contributed by atoms with Crippen LogP contribution in [0.1, 0.15) is 66.1 Å². The van der Waals surface area contributed by atoms with Crippen LogP contribution < -0.4 is 20.1 Å². The van der Waals surface area contributed by atoms with Crippen molar-refractivity contribution in [2.24, 2.45) is 11.3 Å². The van der Waals surface area contributed by atoms with E-state index in [9.17, 15) is 4.79 Å². The highest BCUT2D eigenvalue weighted by Crippen LogP contribution is 2.47. The summed E-state index contributed by atoms with van der Waals surface area (Å²) in [5.41, 5.74) is 3.28. The number of carbonyl (C=O) groups excluding carboxylic acids is 1. The zero-order valence-corrected chi connectivity index (χ0v) is 18.7. The lowest BCUT2D eigenvalue weighted by molar-refractivity contribution is 0.0934. The van der Waals surface area contributed by atoms with Gasteiger partial charge >= 0.3 is 0 Å². The summed E-state index contributed by atoms with van der Waals surface area (Å²) < 4.78 is 10.9. The molecule has 6 heteroatoms. The number of nitrogens with one attached hydrogen (secondary N) is 2. The number of thiophene rings is 1. The maximum atomic E-state index is 13.1. The molecule has 0 unspecified atom stereocenters. The van der Waals surface area contributed by atoms with Crippen molar-refractivity contribution in [1.29, 1.82) is 0 Å². The average Bonchev–Trinajstić information content (AvgIpc) is 3.11. The van der Waals surface area contributed by atoms with Crippen LogP contribution >= 0.6 is 11.3 Å². The van der Waals surface area contributed by atoms with Crippen molar-refractivity contribution in [3.63, 3.8) is 0 Å². The number of rotatable bonds is 5. The summed E-state index contributed by atoms with van der Waals surface area (Å²) in [6.45, 7) is 7.01. The van der Waals surface area contributed by atoms with Gasteiger partial charge in [-0.3, -0.25) is 4.79 Å². The number of carbonyl (C=O) groups is 1. The van der Waals surface area contributed by atoms with Crippen LogP contribution in [0.5, 0.6) is 11.5 Å². The molecule has 5 nitrogen and oxygen atoms in total. The summed E-state index contributed by atoms with van der Waals surface area (Å²) in [5, 5.41) is 7.65. The number of benzene rings is 1. The van der Waals surface area contributed by atoms with Gasteiger partial charge < -0.3 is 20.1 Å². The van der Waals surface area contributed by atoms with Gasteiger partial charge in [-0.2, -0.15) is 0 Å². The van der Waals surface area contributed by atoms with Crippen molar-refractivity contribution in [3.05, 3.63) is 39.8 Å². The van der Waals surface area contributed by atoms with E-state index in [0.29, 0.717) is 11.3 Å². The lowest BCUT2D eigenvalue weighted by Crippen LogP contribution is -2.38. The van der Waals surface area contributed by atoms with Crippen LogP contribution in [0.2, 0.25) is 0 Å². The van der Waals surface area contributed by atoms with Crippen molar-refractivity contribution in [2.45, 2.75) is 52.6 Å². The topological polar surface area (TPSA) is 59.6 Å². The number of anilines is 1. The zero-order valence-electron chi connectivity index (χ0n) is 17.8. The van der Waals surface area contributed by atoms with Gasteiger partial charge in [0, 0.05) is 10.4 Å². The van der Waals surface area contributed by atoms with Crippen LogP contribution in [0.4, 0.5) is 5.00 Å². The highest BCUT2D eigenvalue weighted by atomic mass is 32.1. The second-order valence-corrected chi connectivity index (χ2v) is 9.75. The van der Waals surface area contributed by atoms with Gasteiger partial charge in [-0.05, 0) is 54.4 Å². The summed E-state index contributed by atoms with van der Waals surface area (Å²) in [5.74, 6) is 2.12. The van der Waals surface area contributed by atoms with E-state index < -0.39 is 0 Å². The molecule has 0 radical (unpaired) electrons. The Morgan fingerprint density at radius 3 is 2.69 bits per heavy atom. The lowest BCUT2D eigenvalue weighted by Gasteiger charge is -2.36. The van der Waals surface area contributed by atoms with Crippen molar-refractivity contribution in [2.75, 3.05) is 19.5 Å². The van der Waals surface area contributed by atoms with Gasteiger partial charge in [0.1, 0.15) is 22.7 Å². The molecule has 1 amide bonds. The highest BCUT2D eigenvalue weighted by molar-refractivity contribution is 7.16. The Morgan fingerprint density at radius 2 is 2.00 bits per heavy atom. The van der Waals surface area contributed by atoms with E-state index in [1.54, 1.807) is 25.6 Å². The smallest absolute Gasteiger partial charge is 0.256 e. The molecule has 1 aliphatic carbocycles. The number of fused-ring (bicyclic) bond motifs is 3. The Hall–Kier alpha value is -2.21. The van der Waals surface area contributed by atoms with E-state index >= 15 is 0 Å². The third-order valence-corrected chi connectivity index (χ3v) is 7.99. The molecule has 29 heavy (non-hydrogen) atoms. The molecule has 1 aromatic heterocycles. The molecule has 1 aliphatic heterocycles. The van der Waals surface area contributed by atoms with Crippen LogP contribution in [0.25, 0.3) is 0 Å². The monoisotopic (exact) mass is 414 g/mol. The number of ether oxygens (including phenoxy) is 2. The summed E-state index contributed by atoms with van der Waals surface area (Å²) in [6.07, 6.45) is 4.03. The van der Waals surface area contributed by atoms with Crippen LogP contribution in [0, 0.1) is 11.3 Å². The Morgan fingerprint density at radius 1 is 1.21 bits per heavy atom. The van der Waals surface area contributed by atoms with Crippen LogP contribution in [0.15, 0.2) is 18.2 Å². The minimum absolute atomic E-state index is 0.000625. The summed E-state index contributed by atoms with van der Waals surface area (Å²) in [6, 6.07) is 5.64. The molecule has 156 valence electrons. The van der Waals surface area contributed by atoms with Crippen LogP contribution in [-0.4, -0.2) is 20.1 Å². The summed E-state index contributed by atoms with van der Waals surface area (Å²) in [4.78, 5) is 14.4. The van der Waals surface area contributed by atoms with Crippen molar-refractivity contribution in [3.8, 4) is 11.5 Å². The minimum atomic E-state index is -0.344. The molecule has 0 saturated carbocycles. The highest BCUT2D eigenvalue weighted by Gasteiger charge is 2.37. The zero-order chi connectivity index (χ0) is 20.8. The van der Waals surface area contributed by atoms with Crippen LogP contribution in [0.3, 0.4) is 0 Å². The molecular weight excluding hydrogens is 384 g/mol. The Balaban J connectivity index is 1.66. The molecule has 2 aromatic rings. The first-order valence-electron chi connectivity index (χ1n) is 10.3. The Kier molecular flexibility index (Phi) is 5.23. The second-order valence-electron chi connectivity index (χ2n) is 8.65. The molecule has 1 aromatic carbocycles. The molecule has 0 fully saturated rings. The van der Waals surface area contributed by atoms with E-state index in [-0.39, 0.29) is 12.1 Å². The largest absolute Gasteiger partial charge is 0.497 e. The normalized spacial score (nSPS) is 20.9. The first kappa shape index (κ1) is 20.1. The number of methoxy groups -OCH3 is 2. The standard InChI is InChI=1S/C23H30N2O3S/c1-6-23(2,3)13-7-9-15-18(11-13)29-22-19(15)21(26)24-20(25-22)16-12-14(27-4)8-10-17(16)28-5/h8,10,12-13,20,25H,6-7,9,11H2,1-5H3,(H,24,26)/t13-,20+/m0/s1. The first-order chi connectivity index (χ1) is 13.9. The van der Waals surface area contributed by atoms with E-state index in [2.05, 4.69) is 31.4 Å². The molecule has 0 spiro atoms. The quantitative estimate of drug-likeness (QED) is 0.709. The maximum absolute atomic E-state index is 13.1. The van der Waals surface area contributed by atoms with Gasteiger partial charge in [-0.15, -0.1) is 11.3 Å². The molecule has 0 saturated heterocycles. The Labute approximate surface area is 176 Å². The molecular formula is C23H30N2O3S. The third-order valence-electron chi connectivity index (χ3n) is 6.81. The van der Waals surface area contributed by atoms with Gasteiger partial charge in [0.2, 0.25) is 0 Å². The van der Waals surface area contributed by atoms with E-state index in [1.807, 2.05) is 18.2 Å². The minimum Gasteiger partial charge on any atom is -0.497 e. The molecule has 0 bridgehead atoms. The van der Waals surface area contributed by atoms with Gasteiger partial charge in [0.15, 0.2) is 0 Å². The first-order valence-corrected chi connectivity index (χ1v) is 11.1. The SMILES string of the molecule is CCC(C)(C)[C@H]1CCc2c(sc3c2C(=O)N[C@@H](c2cc(OC)ccc2OC)N3)C1. The fraction of sp³-hybridized carbons (Fsp3) is 0.522. The van der Waals surface area contributed by atoms with Gasteiger partial charge in [0.05, 0.1) is 19.8 Å². The van der Waals surface area contributed by atoms with Crippen molar-refractivity contribution < 1.29 is 14.3 Å². The second kappa shape index (κ2) is 7.56. The van der Waals surface area contributed by atoms with Crippen molar-refractivity contribution in [1.82, 2.24) is 5.32 Å². The van der Waals surface area contributed by atoms with Gasteiger partial charge in [0.25, 0.3) is 5.91 Å².